The van der Waals surface area contributed by atoms with Crippen LogP contribution in [0.15, 0.2) is 0 Å². The normalized spacial score (nSPS) is 13.1. The van der Waals surface area contributed by atoms with Gasteiger partial charge in [0.05, 0.1) is 6.04 Å². The van der Waals surface area contributed by atoms with Gasteiger partial charge in [0.2, 0.25) is 0 Å². The zero-order valence-corrected chi connectivity index (χ0v) is 8.87. The van der Waals surface area contributed by atoms with Gasteiger partial charge >= 0.3 is 6.09 Å². The molecule has 5 heteroatoms. The maximum Gasteiger partial charge on any atom is 0.407 e. The molecule has 3 N–H and O–H groups in total. The number of nitrogens with one attached hydrogen (secondary N) is 1. The van der Waals surface area contributed by atoms with Gasteiger partial charge < -0.3 is 20.6 Å². The molecule has 0 aliphatic carbocycles. The molecule has 0 aromatic heterocycles. The van der Waals surface area contributed by atoms with Gasteiger partial charge in [0, 0.05) is 13.0 Å². The topological polar surface area (TPSA) is 81.4 Å². The molecule has 0 aromatic carbocycles. The van der Waals surface area contributed by atoms with Crippen molar-refractivity contribution in [3.05, 3.63) is 0 Å². The lowest BCUT2D eigenvalue weighted by molar-refractivity contribution is -0.108. The molecule has 82 valence electrons. The van der Waals surface area contributed by atoms with Crippen LogP contribution >= 0.6 is 0 Å². The summed E-state index contributed by atoms with van der Waals surface area (Å²) < 4.78 is 4.99. The molecule has 1 atom stereocenters. The third-order valence-corrected chi connectivity index (χ3v) is 1.39. The number of alkyl carbamates (subject to hydrolysis) is 1. The number of hydrogen-bond donors (Lipinski definition) is 2. The molecule has 0 saturated carbocycles. The summed E-state index contributed by atoms with van der Waals surface area (Å²) in [5, 5.41) is 2.51. The van der Waals surface area contributed by atoms with Crippen molar-refractivity contribution in [3.63, 3.8) is 0 Å². The molecule has 0 heterocycles. The van der Waals surface area contributed by atoms with E-state index in [1.54, 1.807) is 20.8 Å². The van der Waals surface area contributed by atoms with Crippen LogP contribution in [-0.2, 0) is 9.53 Å². The van der Waals surface area contributed by atoms with E-state index in [1.807, 2.05) is 0 Å². The molecule has 0 aliphatic rings. The van der Waals surface area contributed by atoms with E-state index in [1.165, 1.54) is 0 Å². The van der Waals surface area contributed by atoms with Gasteiger partial charge in [0.15, 0.2) is 0 Å². The highest BCUT2D eigenvalue weighted by molar-refractivity contribution is 5.68. The Morgan fingerprint density at radius 3 is 2.50 bits per heavy atom. The fourth-order valence-corrected chi connectivity index (χ4v) is 0.804. The Bertz CT molecular complexity index is 199. The molecule has 0 spiro atoms. The Morgan fingerprint density at radius 1 is 1.57 bits per heavy atom. The molecular weight excluding hydrogens is 184 g/mol. The molecule has 1 amide bonds. The average molecular weight is 202 g/mol. The van der Waals surface area contributed by atoms with Crippen molar-refractivity contribution in [1.29, 1.82) is 0 Å². The van der Waals surface area contributed by atoms with Crippen LogP contribution in [0.4, 0.5) is 4.79 Å². The molecule has 0 aromatic rings. The number of carbonyl (C=O) groups excluding carboxylic acids is 2. The van der Waals surface area contributed by atoms with E-state index in [0.717, 1.165) is 6.29 Å². The third-order valence-electron chi connectivity index (χ3n) is 1.39. The molecule has 0 rings (SSSR count). The van der Waals surface area contributed by atoms with Crippen molar-refractivity contribution in [2.45, 2.75) is 38.8 Å². The lowest BCUT2D eigenvalue weighted by Gasteiger charge is -2.22. The van der Waals surface area contributed by atoms with Crippen LogP contribution in [0.1, 0.15) is 27.2 Å². The number of ether oxygens (including phenoxy) is 1. The Balaban J connectivity index is 3.96. The van der Waals surface area contributed by atoms with Gasteiger partial charge in [-0.2, -0.15) is 0 Å². The first-order valence-corrected chi connectivity index (χ1v) is 4.52. The molecule has 0 fully saturated rings. The van der Waals surface area contributed by atoms with Crippen molar-refractivity contribution >= 4 is 12.4 Å². The van der Waals surface area contributed by atoms with Crippen LogP contribution in [0.25, 0.3) is 0 Å². The van der Waals surface area contributed by atoms with Crippen LogP contribution in [0.3, 0.4) is 0 Å². The van der Waals surface area contributed by atoms with Gasteiger partial charge in [-0.25, -0.2) is 4.79 Å². The van der Waals surface area contributed by atoms with Gasteiger partial charge in [-0.3, -0.25) is 0 Å². The molecule has 14 heavy (non-hydrogen) atoms. The number of aldehydes is 1. The van der Waals surface area contributed by atoms with Gasteiger partial charge in [-0.15, -0.1) is 0 Å². The van der Waals surface area contributed by atoms with Gasteiger partial charge in [-0.1, -0.05) is 0 Å². The second kappa shape index (κ2) is 5.59. The van der Waals surface area contributed by atoms with E-state index in [0.29, 0.717) is 0 Å². The number of carbonyl (C=O) groups is 2. The standard InChI is InChI=1S/C9H18N2O3/c1-9(2,3)14-8(13)11-7(6-10)4-5-12/h5,7H,4,6,10H2,1-3H3,(H,11,13). The Kier molecular flexibility index (Phi) is 5.15. The van der Waals surface area contributed by atoms with Crippen LogP contribution in [-0.4, -0.2) is 30.6 Å². The lowest BCUT2D eigenvalue weighted by Crippen LogP contribution is -2.43. The SMILES string of the molecule is CC(C)(C)OC(=O)NC(CN)CC=O. The second-order valence-corrected chi connectivity index (χ2v) is 3.98. The first kappa shape index (κ1) is 12.9. The summed E-state index contributed by atoms with van der Waals surface area (Å²) in [4.78, 5) is 21.4. The summed E-state index contributed by atoms with van der Waals surface area (Å²) in [6, 6.07) is -0.345. The molecule has 5 nitrogen and oxygen atoms in total. The van der Waals surface area contributed by atoms with Crippen molar-refractivity contribution in [1.82, 2.24) is 5.32 Å². The second-order valence-electron chi connectivity index (χ2n) is 3.98. The van der Waals surface area contributed by atoms with E-state index >= 15 is 0 Å². The summed E-state index contributed by atoms with van der Waals surface area (Å²) in [5.74, 6) is 0. The monoisotopic (exact) mass is 202 g/mol. The minimum atomic E-state index is -0.546. The maximum absolute atomic E-state index is 11.2. The number of amides is 1. The van der Waals surface area contributed by atoms with E-state index in [4.69, 9.17) is 10.5 Å². The van der Waals surface area contributed by atoms with Gasteiger partial charge in [-0.05, 0) is 20.8 Å². The van der Waals surface area contributed by atoms with Crippen molar-refractivity contribution < 1.29 is 14.3 Å². The van der Waals surface area contributed by atoms with Crippen LogP contribution in [0.5, 0.6) is 0 Å². The van der Waals surface area contributed by atoms with Crippen molar-refractivity contribution in [2.24, 2.45) is 5.73 Å². The Labute approximate surface area is 84.0 Å². The fourth-order valence-electron chi connectivity index (χ4n) is 0.804. The van der Waals surface area contributed by atoms with E-state index in [9.17, 15) is 9.59 Å². The van der Waals surface area contributed by atoms with E-state index in [2.05, 4.69) is 5.32 Å². The van der Waals surface area contributed by atoms with E-state index < -0.39 is 11.7 Å². The smallest absolute Gasteiger partial charge is 0.407 e. The summed E-state index contributed by atoms with van der Waals surface area (Å²) in [5.41, 5.74) is 4.80. The minimum absolute atomic E-state index is 0.204. The quantitative estimate of drug-likeness (QED) is 0.648. The number of rotatable bonds is 4. The molecule has 0 radical (unpaired) electrons. The maximum atomic E-state index is 11.2. The van der Waals surface area contributed by atoms with Gasteiger partial charge in [0.25, 0.3) is 0 Å². The van der Waals surface area contributed by atoms with Crippen LogP contribution < -0.4 is 11.1 Å². The average Bonchev–Trinajstić information content (AvgIpc) is 2.00. The third kappa shape index (κ3) is 6.42. The lowest BCUT2D eigenvalue weighted by atomic mass is 10.2. The number of nitrogens with two attached hydrogens (primary N) is 1. The molecule has 1 unspecified atom stereocenters. The Hall–Kier alpha value is -1.10. The highest BCUT2D eigenvalue weighted by Crippen LogP contribution is 2.06. The zero-order valence-electron chi connectivity index (χ0n) is 8.87. The van der Waals surface area contributed by atoms with E-state index in [-0.39, 0.29) is 19.0 Å². The first-order valence-electron chi connectivity index (χ1n) is 4.52. The first-order chi connectivity index (χ1) is 6.39. The zero-order chi connectivity index (χ0) is 11.2. The predicted octanol–water partition coefficient (Wildman–Crippen LogP) is 0.427. The van der Waals surface area contributed by atoms with Crippen LogP contribution in [0, 0.1) is 0 Å². The summed E-state index contributed by atoms with van der Waals surface area (Å²) >= 11 is 0. The molecule has 0 saturated heterocycles. The Morgan fingerprint density at radius 2 is 2.14 bits per heavy atom. The van der Waals surface area contributed by atoms with Crippen molar-refractivity contribution in [3.8, 4) is 0 Å². The van der Waals surface area contributed by atoms with Crippen LogP contribution in [0.2, 0.25) is 0 Å². The summed E-state index contributed by atoms with van der Waals surface area (Å²) in [6.45, 7) is 5.52. The molecule has 0 bridgehead atoms. The highest BCUT2D eigenvalue weighted by Gasteiger charge is 2.18. The highest BCUT2D eigenvalue weighted by atomic mass is 16.6. The fraction of sp³-hybridized carbons (Fsp3) is 0.778. The molecular formula is C9H18N2O3. The predicted molar refractivity (Wildman–Crippen MR) is 52.9 cm³/mol. The summed E-state index contributed by atoms with van der Waals surface area (Å²) in [6.07, 6.45) is 0.375. The van der Waals surface area contributed by atoms with Gasteiger partial charge in [0.1, 0.15) is 11.9 Å². The summed E-state index contributed by atoms with van der Waals surface area (Å²) in [7, 11) is 0. The molecule has 0 aliphatic heterocycles. The minimum Gasteiger partial charge on any atom is -0.444 e. The van der Waals surface area contributed by atoms with Crippen molar-refractivity contribution in [2.75, 3.05) is 6.54 Å². The largest absolute Gasteiger partial charge is 0.444 e. The number of hydrogen-bond acceptors (Lipinski definition) is 4.